The molecule has 33 heavy (non-hydrogen) atoms. The topological polar surface area (TPSA) is 123 Å². The standard InChI is InChI=1S/C22H34F3N5O3/c1-21(2,3)17(28-12-22(23,24)25)20(33)30-16(9-13-6-7-13)19(32)29-15(11-26)10-14-5-4-8-27-18(14)31/h13-17,28H,4-10,12H2,1-3H3,(H,27,31)(H,29,32)(H,30,33). The summed E-state index contributed by atoms with van der Waals surface area (Å²) in [6, 6.07) is -1.06. The molecule has 1 aliphatic carbocycles. The van der Waals surface area contributed by atoms with Crippen molar-refractivity contribution in [3.63, 3.8) is 0 Å². The van der Waals surface area contributed by atoms with E-state index in [1.165, 1.54) is 0 Å². The number of alkyl halides is 3. The highest BCUT2D eigenvalue weighted by molar-refractivity contribution is 5.90. The van der Waals surface area contributed by atoms with Crippen LogP contribution in [0.5, 0.6) is 0 Å². The number of rotatable bonds is 10. The molecule has 0 radical (unpaired) electrons. The van der Waals surface area contributed by atoms with Crippen molar-refractivity contribution < 1.29 is 27.6 Å². The van der Waals surface area contributed by atoms with Crippen LogP contribution in [-0.4, -0.2) is 55.1 Å². The number of nitrogens with one attached hydrogen (secondary N) is 4. The summed E-state index contributed by atoms with van der Waals surface area (Å²) in [5.74, 6) is -1.56. The van der Waals surface area contributed by atoms with Crippen molar-refractivity contribution in [2.24, 2.45) is 17.3 Å². The van der Waals surface area contributed by atoms with Gasteiger partial charge in [0.2, 0.25) is 17.7 Å². The zero-order valence-corrected chi connectivity index (χ0v) is 19.3. The molecule has 0 aromatic carbocycles. The molecule has 4 unspecified atom stereocenters. The molecule has 1 heterocycles. The molecule has 186 valence electrons. The first-order valence-electron chi connectivity index (χ1n) is 11.4. The van der Waals surface area contributed by atoms with E-state index in [0.29, 0.717) is 19.4 Å². The molecular weight excluding hydrogens is 439 g/mol. The Morgan fingerprint density at radius 2 is 1.79 bits per heavy atom. The van der Waals surface area contributed by atoms with Crippen LogP contribution in [0.1, 0.15) is 59.3 Å². The van der Waals surface area contributed by atoms with Crippen LogP contribution < -0.4 is 21.3 Å². The number of carbonyl (C=O) groups is 3. The number of hydrogen-bond donors (Lipinski definition) is 4. The van der Waals surface area contributed by atoms with Gasteiger partial charge in [-0.25, -0.2) is 0 Å². The average Bonchev–Trinajstić information content (AvgIpc) is 3.50. The van der Waals surface area contributed by atoms with Gasteiger partial charge >= 0.3 is 6.18 Å². The minimum Gasteiger partial charge on any atom is -0.356 e. The third-order valence-corrected chi connectivity index (χ3v) is 5.93. The van der Waals surface area contributed by atoms with E-state index >= 15 is 0 Å². The Kier molecular flexibility index (Phi) is 9.12. The molecule has 0 aromatic rings. The van der Waals surface area contributed by atoms with Crippen molar-refractivity contribution in [3.8, 4) is 6.07 Å². The minimum atomic E-state index is -4.49. The van der Waals surface area contributed by atoms with E-state index in [-0.39, 0.29) is 24.2 Å². The van der Waals surface area contributed by atoms with E-state index in [9.17, 15) is 32.8 Å². The molecule has 3 amide bonds. The van der Waals surface area contributed by atoms with Gasteiger partial charge in [0, 0.05) is 12.5 Å². The third kappa shape index (κ3) is 9.20. The first-order chi connectivity index (χ1) is 15.3. The zero-order valence-electron chi connectivity index (χ0n) is 19.3. The van der Waals surface area contributed by atoms with E-state index in [1.807, 2.05) is 6.07 Å². The molecule has 1 aliphatic heterocycles. The fourth-order valence-corrected chi connectivity index (χ4v) is 3.94. The van der Waals surface area contributed by atoms with Crippen LogP contribution in [-0.2, 0) is 14.4 Å². The maximum atomic E-state index is 12.9. The number of amides is 3. The maximum absolute atomic E-state index is 12.9. The van der Waals surface area contributed by atoms with Crippen LogP contribution in [0.4, 0.5) is 13.2 Å². The van der Waals surface area contributed by atoms with Crippen LogP contribution in [0.25, 0.3) is 0 Å². The van der Waals surface area contributed by atoms with Crippen molar-refractivity contribution in [2.45, 2.75) is 83.6 Å². The second-order valence-electron chi connectivity index (χ2n) is 10.1. The van der Waals surface area contributed by atoms with Gasteiger partial charge in [-0.15, -0.1) is 0 Å². The van der Waals surface area contributed by atoms with Crippen molar-refractivity contribution in [1.29, 1.82) is 5.26 Å². The highest BCUT2D eigenvalue weighted by atomic mass is 19.4. The lowest BCUT2D eigenvalue weighted by Crippen LogP contribution is -2.58. The van der Waals surface area contributed by atoms with E-state index in [0.717, 1.165) is 19.3 Å². The van der Waals surface area contributed by atoms with E-state index in [2.05, 4.69) is 21.3 Å². The smallest absolute Gasteiger partial charge is 0.356 e. The first-order valence-corrected chi connectivity index (χ1v) is 11.4. The SMILES string of the molecule is CC(C)(C)C(NCC(F)(F)F)C(=O)NC(CC1CC1)C(=O)NC(C#N)CC1CCCNC1=O. The first kappa shape index (κ1) is 26.9. The third-order valence-electron chi connectivity index (χ3n) is 5.93. The molecule has 1 saturated heterocycles. The summed E-state index contributed by atoms with van der Waals surface area (Å²) < 4.78 is 38.2. The molecule has 11 heteroatoms. The summed E-state index contributed by atoms with van der Waals surface area (Å²) in [5.41, 5.74) is -0.834. The van der Waals surface area contributed by atoms with Crippen LogP contribution in [0.3, 0.4) is 0 Å². The summed E-state index contributed by atoms with van der Waals surface area (Å²) in [5, 5.41) is 19.7. The molecule has 2 fully saturated rings. The normalized spacial score (nSPS) is 21.8. The molecule has 0 spiro atoms. The van der Waals surface area contributed by atoms with Gasteiger partial charge in [-0.1, -0.05) is 33.6 Å². The number of nitriles is 1. The summed E-state index contributed by atoms with van der Waals surface area (Å²) in [7, 11) is 0. The van der Waals surface area contributed by atoms with Crippen LogP contribution >= 0.6 is 0 Å². The van der Waals surface area contributed by atoms with Gasteiger partial charge in [-0.2, -0.15) is 18.4 Å². The van der Waals surface area contributed by atoms with Gasteiger partial charge in [0.1, 0.15) is 12.1 Å². The fraction of sp³-hybridized carbons (Fsp3) is 0.818. The van der Waals surface area contributed by atoms with E-state index in [4.69, 9.17) is 0 Å². The number of piperidine rings is 1. The van der Waals surface area contributed by atoms with E-state index < -0.39 is 48.1 Å². The van der Waals surface area contributed by atoms with Crippen molar-refractivity contribution in [3.05, 3.63) is 0 Å². The molecule has 1 saturated carbocycles. The largest absolute Gasteiger partial charge is 0.401 e. The van der Waals surface area contributed by atoms with Crippen molar-refractivity contribution in [1.82, 2.24) is 21.3 Å². The zero-order chi connectivity index (χ0) is 24.8. The summed E-state index contributed by atoms with van der Waals surface area (Å²) in [6.07, 6.45) is -0.759. The van der Waals surface area contributed by atoms with Gasteiger partial charge in [-0.3, -0.25) is 19.7 Å². The predicted octanol–water partition coefficient (Wildman–Crippen LogP) is 1.76. The quantitative estimate of drug-likeness (QED) is 0.385. The lowest BCUT2D eigenvalue weighted by Gasteiger charge is -2.32. The summed E-state index contributed by atoms with van der Waals surface area (Å²) in [6.45, 7) is 4.17. The molecule has 0 bridgehead atoms. The second kappa shape index (κ2) is 11.2. The Labute approximate surface area is 192 Å². The van der Waals surface area contributed by atoms with Crippen molar-refractivity contribution in [2.75, 3.05) is 13.1 Å². The molecule has 0 aromatic heterocycles. The molecule has 4 atom stereocenters. The molecular formula is C22H34F3N5O3. The van der Waals surface area contributed by atoms with Crippen LogP contribution in [0.2, 0.25) is 0 Å². The Bertz CT molecular complexity index is 756. The number of hydrogen-bond acceptors (Lipinski definition) is 5. The van der Waals surface area contributed by atoms with Crippen molar-refractivity contribution >= 4 is 17.7 Å². The van der Waals surface area contributed by atoms with Crippen LogP contribution in [0.15, 0.2) is 0 Å². The Morgan fingerprint density at radius 1 is 1.12 bits per heavy atom. The molecule has 2 aliphatic rings. The van der Waals surface area contributed by atoms with Gasteiger partial charge in [0.15, 0.2) is 0 Å². The molecule has 8 nitrogen and oxygen atoms in total. The molecule has 4 N–H and O–H groups in total. The summed E-state index contributed by atoms with van der Waals surface area (Å²) in [4.78, 5) is 37.8. The summed E-state index contributed by atoms with van der Waals surface area (Å²) >= 11 is 0. The Morgan fingerprint density at radius 3 is 2.30 bits per heavy atom. The number of carbonyl (C=O) groups excluding carboxylic acids is 3. The Balaban J connectivity index is 2.05. The lowest BCUT2D eigenvalue weighted by molar-refractivity contribution is -0.137. The van der Waals surface area contributed by atoms with Gasteiger partial charge in [-0.05, 0) is 37.0 Å². The second-order valence-corrected chi connectivity index (χ2v) is 10.1. The highest BCUT2D eigenvalue weighted by Gasteiger charge is 2.39. The van der Waals surface area contributed by atoms with Gasteiger partial charge in [0.25, 0.3) is 0 Å². The van der Waals surface area contributed by atoms with Gasteiger partial charge < -0.3 is 16.0 Å². The lowest BCUT2D eigenvalue weighted by atomic mass is 9.85. The Hall–Kier alpha value is -2.35. The van der Waals surface area contributed by atoms with Crippen LogP contribution in [0, 0.1) is 28.6 Å². The fourth-order valence-electron chi connectivity index (χ4n) is 3.94. The number of halogens is 3. The van der Waals surface area contributed by atoms with Gasteiger partial charge in [0.05, 0.1) is 18.7 Å². The van der Waals surface area contributed by atoms with E-state index in [1.54, 1.807) is 20.8 Å². The average molecular weight is 474 g/mol. The number of nitrogens with zero attached hydrogens (tertiary/aromatic N) is 1. The maximum Gasteiger partial charge on any atom is 0.401 e. The predicted molar refractivity (Wildman–Crippen MR) is 114 cm³/mol. The minimum absolute atomic E-state index is 0.151. The molecule has 2 rings (SSSR count). The highest BCUT2D eigenvalue weighted by Crippen LogP contribution is 2.34. The monoisotopic (exact) mass is 473 g/mol.